The van der Waals surface area contributed by atoms with Gasteiger partial charge in [0.15, 0.2) is 0 Å². The Morgan fingerprint density at radius 3 is 3.00 bits per heavy atom. The lowest BCUT2D eigenvalue weighted by Gasteiger charge is -2.30. The van der Waals surface area contributed by atoms with E-state index in [1.165, 1.54) is 32.1 Å². The predicted molar refractivity (Wildman–Crippen MR) is 74.6 cm³/mol. The van der Waals surface area contributed by atoms with Crippen LogP contribution in [0.25, 0.3) is 0 Å². The second kappa shape index (κ2) is 6.74. The van der Waals surface area contributed by atoms with E-state index in [0.717, 1.165) is 17.3 Å². The summed E-state index contributed by atoms with van der Waals surface area (Å²) >= 11 is 0. The van der Waals surface area contributed by atoms with E-state index in [1.807, 2.05) is 19.3 Å². The van der Waals surface area contributed by atoms with Gasteiger partial charge in [-0.05, 0) is 24.8 Å². The SMILES string of the molecule is CCC1CCCCC1OCc1cccnc1NC. The molecule has 2 atom stereocenters. The van der Waals surface area contributed by atoms with Gasteiger partial charge in [-0.1, -0.05) is 32.3 Å². The van der Waals surface area contributed by atoms with E-state index >= 15 is 0 Å². The normalized spacial score (nSPS) is 23.9. The highest BCUT2D eigenvalue weighted by atomic mass is 16.5. The number of nitrogens with zero attached hydrogens (tertiary/aromatic N) is 1. The van der Waals surface area contributed by atoms with Gasteiger partial charge >= 0.3 is 0 Å². The zero-order valence-corrected chi connectivity index (χ0v) is 11.5. The van der Waals surface area contributed by atoms with Crippen LogP contribution in [0.5, 0.6) is 0 Å². The van der Waals surface area contributed by atoms with Crippen LogP contribution >= 0.6 is 0 Å². The first-order valence-electron chi connectivity index (χ1n) is 7.08. The van der Waals surface area contributed by atoms with Gasteiger partial charge in [0.05, 0.1) is 12.7 Å². The molecule has 0 saturated heterocycles. The second-order valence-corrected chi connectivity index (χ2v) is 5.06. The average Bonchev–Trinajstić information content (AvgIpc) is 2.45. The number of anilines is 1. The molecule has 1 heterocycles. The molecule has 1 N–H and O–H groups in total. The van der Waals surface area contributed by atoms with Crippen LogP contribution in [0, 0.1) is 5.92 Å². The number of aromatic nitrogens is 1. The number of pyridine rings is 1. The fraction of sp³-hybridized carbons (Fsp3) is 0.667. The fourth-order valence-corrected chi connectivity index (χ4v) is 2.84. The van der Waals surface area contributed by atoms with Crippen molar-refractivity contribution in [2.75, 3.05) is 12.4 Å². The van der Waals surface area contributed by atoms with Crippen molar-refractivity contribution in [1.82, 2.24) is 4.98 Å². The van der Waals surface area contributed by atoms with Crippen LogP contribution in [0.3, 0.4) is 0 Å². The van der Waals surface area contributed by atoms with E-state index in [4.69, 9.17) is 4.74 Å². The first kappa shape index (κ1) is 13.3. The molecule has 2 rings (SSSR count). The van der Waals surface area contributed by atoms with Crippen LogP contribution in [0.2, 0.25) is 0 Å². The topological polar surface area (TPSA) is 34.1 Å². The minimum atomic E-state index is 0.439. The minimum absolute atomic E-state index is 0.439. The van der Waals surface area contributed by atoms with Crippen molar-refractivity contribution in [3.63, 3.8) is 0 Å². The molecule has 3 heteroatoms. The lowest BCUT2D eigenvalue weighted by Crippen LogP contribution is -2.27. The molecule has 100 valence electrons. The summed E-state index contributed by atoms with van der Waals surface area (Å²) in [6.07, 6.45) is 8.70. The summed E-state index contributed by atoms with van der Waals surface area (Å²) < 4.78 is 6.14. The Morgan fingerprint density at radius 1 is 1.39 bits per heavy atom. The Balaban J connectivity index is 1.93. The Kier molecular flexibility index (Phi) is 5.00. The first-order valence-corrected chi connectivity index (χ1v) is 7.08. The molecule has 0 radical (unpaired) electrons. The lowest BCUT2D eigenvalue weighted by atomic mass is 9.85. The Hall–Kier alpha value is -1.09. The van der Waals surface area contributed by atoms with Gasteiger partial charge in [0.2, 0.25) is 0 Å². The molecular formula is C15H24N2O. The zero-order chi connectivity index (χ0) is 12.8. The highest BCUT2D eigenvalue weighted by molar-refractivity contribution is 5.42. The van der Waals surface area contributed by atoms with Gasteiger partial charge in [-0.25, -0.2) is 4.98 Å². The summed E-state index contributed by atoms with van der Waals surface area (Å²) in [5.74, 6) is 1.68. The van der Waals surface area contributed by atoms with Crippen molar-refractivity contribution in [3.05, 3.63) is 23.9 Å². The summed E-state index contributed by atoms with van der Waals surface area (Å²) in [7, 11) is 1.90. The van der Waals surface area contributed by atoms with E-state index < -0.39 is 0 Å². The number of hydrogen-bond acceptors (Lipinski definition) is 3. The van der Waals surface area contributed by atoms with Crippen molar-refractivity contribution in [2.45, 2.75) is 51.7 Å². The summed E-state index contributed by atoms with van der Waals surface area (Å²) in [4.78, 5) is 4.31. The van der Waals surface area contributed by atoms with E-state index in [1.54, 1.807) is 0 Å². The lowest BCUT2D eigenvalue weighted by molar-refractivity contribution is -0.0220. The molecule has 1 aromatic heterocycles. The number of rotatable bonds is 5. The van der Waals surface area contributed by atoms with Gasteiger partial charge in [-0.2, -0.15) is 0 Å². The Labute approximate surface area is 110 Å². The Bertz CT molecular complexity index is 367. The van der Waals surface area contributed by atoms with E-state index in [2.05, 4.69) is 23.3 Å². The average molecular weight is 248 g/mol. The van der Waals surface area contributed by atoms with Crippen molar-refractivity contribution < 1.29 is 4.74 Å². The molecule has 0 aliphatic heterocycles. The van der Waals surface area contributed by atoms with Crippen LogP contribution < -0.4 is 5.32 Å². The minimum Gasteiger partial charge on any atom is -0.373 e. The summed E-state index contributed by atoms with van der Waals surface area (Å²) in [5, 5.41) is 3.12. The van der Waals surface area contributed by atoms with Crippen LogP contribution in [-0.4, -0.2) is 18.1 Å². The van der Waals surface area contributed by atoms with Gasteiger partial charge in [0.1, 0.15) is 5.82 Å². The van der Waals surface area contributed by atoms with Crippen molar-refractivity contribution in [2.24, 2.45) is 5.92 Å². The number of hydrogen-bond donors (Lipinski definition) is 1. The molecule has 0 amide bonds. The van der Waals surface area contributed by atoms with Crippen LogP contribution in [0.1, 0.15) is 44.6 Å². The molecule has 0 spiro atoms. The van der Waals surface area contributed by atoms with E-state index in [-0.39, 0.29) is 0 Å². The van der Waals surface area contributed by atoms with Gasteiger partial charge < -0.3 is 10.1 Å². The van der Waals surface area contributed by atoms with Gasteiger partial charge in [0.25, 0.3) is 0 Å². The van der Waals surface area contributed by atoms with E-state index in [0.29, 0.717) is 12.7 Å². The molecule has 1 saturated carbocycles. The maximum absolute atomic E-state index is 6.14. The Morgan fingerprint density at radius 2 is 2.22 bits per heavy atom. The molecule has 0 aromatic carbocycles. The molecule has 0 bridgehead atoms. The van der Waals surface area contributed by atoms with Crippen LogP contribution in [0.15, 0.2) is 18.3 Å². The third-order valence-electron chi connectivity index (χ3n) is 3.94. The number of ether oxygens (including phenoxy) is 1. The molecule has 1 aliphatic rings. The standard InChI is InChI=1S/C15H24N2O/c1-3-12-7-4-5-9-14(12)18-11-13-8-6-10-17-15(13)16-2/h6,8,10,12,14H,3-5,7,9,11H2,1-2H3,(H,16,17). The molecule has 18 heavy (non-hydrogen) atoms. The van der Waals surface area contributed by atoms with Gasteiger partial charge in [0, 0.05) is 18.8 Å². The van der Waals surface area contributed by atoms with Crippen molar-refractivity contribution >= 4 is 5.82 Å². The summed E-state index contributed by atoms with van der Waals surface area (Å²) in [6, 6.07) is 4.06. The fourth-order valence-electron chi connectivity index (χ4n) is 2.84. The molecular weight excluding hydrogens is 224 g/mol. The van der Waals surface area contributed by atoms with Gasteiger partial charge in [-0.15, -0.1) is 0 Å². The molecule has 1 fully saturated rings. The largest absolute Gasteiger partial charge is 0.373 e. The molecule has 3 nitrogen and oxygen atoms in total. The smallest absolute Gasteiger partial charge is 0.131 e. The molecule has 1 aromatic rings. The maximum Gasteiger partial charge on any atom is 0.131 e. The number of nitrogens with one attached hydrogen (secondary N) is 1. The maximum atomic E-state index is 6.14. The summed E-state index contributed by atoms with van der Waals surface area (Å²) in [5.41, 5.74) is 1.15. The highest BCUT2D eigenvalue weighted by Crippen LogP contribution is 2.30. The molecule has 2 unspecified atom stereocenters. The van der Waals surface area contributed by atoms with Crippen molar-refractivity contribution in [3.8, 4) is 0 Å². The monoisotopic (exact) mass is 248 g/mol. The van der Waals surface area contributed by atoms with Crippen molar-refractivity contribution in [1.29, 1.82) is 0 Å². The predicted octanol–water partition coefficient (Wildman–Crippen LogP) is 3.61. The zero-order valence-electron chi connectivity index (χ0n) is 11.5. The summed E-state index contributed by atoms with van der Waals surface area (Å²) in [6.45, 7) is 2.95. The third kappa shape index (κ3) is 3.22. The van der Waals surface area contributed by atoms with Crippen LogP contribution in [0.4, 0.5) is 5.82 Å². The van der Waals surface area contributed by atoms with Crippen LogP contribution in [-0.2, 0) is 11.3 Å². The molecule has 1 aliphatic carbocycles. The second-order valence-electron chi connectivity index (χ2n) is 5.06. The van der Waals surface area contributed by atoms with Gasteiger partial charge in [-0.3, -0.25) is 0 Å². The quantitative estimate of drug-likeness (QED) is 0.864. The third-order valence-corrected chi connectivity index (χ3v) is 3.94. The van der Waals surface area contributed by atoms with E-state index in [9.17, 15) is 0 Å². The highest BCUT2D eigenvalue weighted by Gasteiger charge is 2.24. The first-order chi connectivity index (χ1) is 8.85.